The first-order valence-electron chi connectivity index (χ1n) is 7.63. The van der Waals surface area contributed by atoms with Gasteiger partial charge in [-0.15, -0.1) is 11.3 Å². The number of carboxylic acid groups (broad SMARTS) is 1. The third kappa shape index (κ3) is 2.74. The summed E-state index contributed by atoms with van der Waals surface area (Å²) in [5, 5.41) is 14.8. The number of hydrogen-bond donors (Lipinski definition) is 2. The molecule has 0 aromatic carbocycles. The molecule has 4 atom stereocenters. The van der Waals surface area contributed by atoms with Gasteiger partial charge in [0, 0.05) is 28.9 Å². The minimum atomic E-state index is -0.755. The molecule has 21 heavy (non-hydrogen) atoms. The summed E-state index contributed by atoms with van der Waals surface area (Å²) in [5.74, 6) is -0.237. The van der Waals surface area contributed by atoms with Crippen LogP contribution in [0.4, 0.5) is 0 Å². The van der Waals surface area contributed by atoms with E-state index in [2.05, 4.69) is 19.2 Å². The van der Waals surface area contributed by atoms with Crippen LogP contribution in [0.25, 0.3) is 0 Å². The highest BCUT2D eigenvalue weighted by atomic mass is 32.1. The molecule has 1 saturated carbocycles. The lowest BCUT2D eigenvalue weighted by Crippen LogP contribution is -2.69. The molecular weight excluding hydrogens is 286 g/mol. The van der Waals surface area contributed by atoms with Gasteiger partial charge < -0.3 is 15.2 Å². The zero-order valence-electron chi connectivity index (χ0n) is 12.5. The molecule has 0 bridgehead atoms. The van der Waals surface area contributed by atoms with E-state index < -0.39 is 5.97 Å². The Bertz CT molecular complexity index is 500. The van der Waals surface area contributed by atoms with E-state index in [1.165, 1.54) is 6.42 Å². The van der Waals surface area contributed by atoms with Crippen LogP contribution in [0.1, 0.15) is 44.0 Å². The van der Waals surface area contributed by atoms with Gasteiger partial charge in [-0.2, -0.15) is 0 Å². The molecule has 116 valence electrons. The van der Waals surface area contributed by atoms with E-state index in [1.807, 2.05) is 17.5 Å². The van der Waals surface area contributed by atoms with E-state index in [0.717, 1.165) is 17.9 Å². The summed E-state index contributed by atoms with van der Waals surface area (Å²) in [7, 11) is 0. The molecule has 2 heterocycles. The van der Waals surface area contributed by atoms with Gasteiger partial charge in [-0.25, -0.2) is 0 Å². The lowest BCUT2D eigenvalue weighted by atomic mass is 9.55. The van der Waals surface area contributed by atoms with Gasteiger partial charge >= 0.3 is 5.97 Å². The minimum absolute atomic E-state index is 0.0686. The van der Waals surface area contributed by atoms with E-state index in [0.29, 0.717) is 18.1 Å². The zero-order chi connectivity index (χ0) is 15.0. The van der Waals surface area contributed by atoms with E-state index >= 15 is 0 Å². The lowest BCUT2D eigenvalue weighted by Gasteiger charge is -2.60. The molecule has 5 heteroatoms. The fraction of sp³-hybridized carbons (Fsp3) is 0.688. The van der Waals surface area contributed by atoms with Crippen LogP contribution in [0.15, 0.2) is 17.5 Å². The summed E-state index contributed by atoms with van der Waals surface area (Å²) in [5.41, 5.74) is 0.0686. The van der Waals surface area contributed by atoms with Crippen molar-refractivity contribution in [2.75, 3.05) is 6.61 Å². The van der Waals surface area contributed by atoms with Gasteiger partial charge in [0.25, 0.3) is 0 Å². The first kappa shape index (κ1) is 15.0. The van der Waals surface area contributed by atoms with E-state index in [-0.39, 0.29) is 17.9 Å². The number of hydrogen-bond acceptors (Lipinski definition) is 4. The number of fused-ring (bicyclic) bond motifs is 1. The SMILES string of the molecule is CC1(C)C(NC(CC(=O)O)c2cccs2)C2CCCOC21. The first-order chi connectivity index (χ1) is 10.00. The Morgan fingerprint density at radius 3 is 3.10 bits per heavy atom. The first-order valence-corrected chi connectivity index (χ1v) is 8.51. The van der Waals surface area contributed by atoms with E-state index in [1.54, 1.807) is 11.3 Å². The quantitative estimate of drug-likeness (QED) is 0.877. The molecule has 3 rings (SSSR count). The summed E-state index contributed by atoms with van der Waals surface area (Å²) in [4.78, 5) is 12.3. The summed E-state index contributed by atoms with van der Waals surface area (Å²) in [6.07, 6.45) is 2.73. The van der Waals surface area contributed by atoms with Crippen molar-refractivity contribution in [1.82, 2.24) is 5.32 Å². The molecular formula is C16H23NO3S. The number of aliphatic carboxylic acids is 1. The number of ether oxygens (including phenoxy) is 1. The summed E-state index contributed by atoms with van der Waals surface area (Å²) >= 11 is 1.62. The van der Waals surface area contributed by atoms with Crippen molar-refractivity contribution < 1.29 is 14.6 Å². The van der Waals surface area contributed by atoms with Crippen molar-refractivity contribution in [3.05, 3.63) is 22.4 Å². The molecule has 1 aromatic heterocycles. The Morgan fingerprint density at radius 2 is 2.43 bits per heavy atom. The molecule has 4 unspecified atom stereocenters. The molecule has 0 radical (unpaired) electrons. The van der Waals surface area contributed by atoms with Crippen molar-refractivity contribution in [2.24, 2.45) is 11.3 Å². The molecule has 1 aliphatic carbocycles. The van der Waals surface area contributed by atoms with Gasteiger partial charge in [0.15, 0.2) is 0 Å². The summed E-state index contributed by atoms with van der Waals surface area (Å²) in [6.45, 7) is 5.31. The Kier molecular flexibility index (Phi) is 4.08. The van der Waals surface area contributed by atoms with Crippen LogP contribution >= 0.6 is 11.3 Å². The summed E-state index contributed by atoms with van der Waals surface area (Å²) in [6, 6.07) is 4.23. The van der Waals surface area contributed by atoms with Crippen molar-refractivity contribution in [2.45, 2.75) is 51.3 Å². The van der Waals surface area contributed by atoms with Gasteiger partial charge in [-0.3, -0.25) is 4.79 Å². The average Bonchev–Trinajstić information content (AvgIpc) is 2.97. The van der Waals surface area contributed by atoms with Crippen molar-refractivity contribution in [1.29, 1.82) is 0 Å². The van der Waals surface area contributed by atoms with Gasteiger partial charge in [0.2, 0.25) is 0 Å². The normalized spacial score (nSPS) is 32.0. The standard InChI is InChI=1S/C16H23NO3S/c1-16(2)14(10-5-3-7-20-15(10)16)17-11(9-13(18)19)12-6-4-8-21-12/h4,6,8,10-11,14-15,17H,3,5,7,9H2,1-2H3,(H,18,19). The molecule has 0 spiro atoms. The predicted molar refractivity (Wildman–Crippen MR) is 82.5 cm³/mol. The zero-order valence-corrected chi connectivity index (χ0v) is 13.4. The van der Waals surface area contributed by atoms with Crippen LogP contribution < -0.4 is 5.32 Å². The topological polar surface area (TPSA) is 58.6 Å². The van der Waals surface area contributed by atoms with Crippen molar-refractivity contribution >= 4 is 17.3 Å². The Morgan fingerprint density at radius 1 is 1.62 bits per heavy atom. The number of thiophene rings is 1. The summed E-state index contributed by atoms with van der Waals surface area (Å²) < 4.78 is 5.92. The molecule has 2 fully saturated rings. The molecule has 0 amide bonds. The molecule has 1 saturated heterocycles. The fourth-order valence-electron chi connectivity index (χ4n) is 3.98. The second kappa shape index (κ2) is 5.71. The molecule has 2 N–H and O–H groups in total. The predicted octanol–water partition coefficient (Wildman–Crippen LogP) is 3.06. The molecule has 2 aliphatic rings. The molecule has 4 nitrogen and oxygen atoms in total. The maximum atomic E-state index is 11.2. The Labute approximate surface area is 129 Å². The van der Waals surface area contributed by atoms with Crippen molar-refractivity contribution in [3.8, 4) is 0 Å². The number of carboxylic acids is 1. The molecule has 1 aliphatic heterocycles. The second-order valence-electron chi connectivity index (χ2n) is 6.73. The van der Waals surface area contributed by atoms with Crippen LogP contribution in [0.2, 0.25) is 0 Å². The third-order valence-electron chi connectivity index (χ3n) is 4.98. The van der Waals surface area contributed by atoms with Crippen LogP contribution in [0.5, 0.6) is 0 Å². The monoisotopic (exact) mass is 309 g/mol. The van der Waals surface area contributed by atoms with Gasteiger partial charge in [0.05, 0.1) is 18.6 Å². The van der Waals surface area contributed by atoms with Crippen LogP contribution in [0.3, 0.4) is 0 Å². The van der Waals surface area contributed by atoms with Crippen LogP contribution in [-0.2, 0) is 9.53 Å². The fourth-order valence-corrected chi connectivity index (χ4v) is 4.77. The largest absolute Gasteiger partial charge is 0.481 e. The molecule has 1 aromatic rings. The van der Waals surface area contributed by atoms with Gasteiger partial charge in [0.1, 0.15) is 0 Å². The van der Waals surface area contributed by atoms with Crippen molar-refractivity contribution in [3.63, 3.8) is 0 Å². The maximum absolute atomic E-state index is 11.2. The van der Waals surface area contributed by atoms with Crippen LogP contribution in [-0.4, -0.2) is 29.8 Å². The van der Waals surface area contributed by atoms with Gasteiger partial charge in [-0.05, 0) is 24.3 Å². The highest BCUT2D eigenvalue weighted by Gasteiger charge is 2.58. The maximum Gasteiger partial charge on any atom is 0.305 e. The van der Waals surface area contributed by atoms with Crippen LogP contribution in [0, 0.1) is 11.3 Å². The lowest BCUT2D eigenvalue weighted by molar-refractivity contribution is -0.195. The van der Waals surface area contributed by atoms with E-state index in [4.69, 9.17) is 4.74 Å². The Hall–Kier alpha value is -0.910. The highest BCUT2D eigenvalue weighted by Crippen LogP contribution is 2.52. The third-order valence-corrected chi connectivity index (χ3v) is 5.96. The van der Waals surface area contributed by atoms with Gasteiger partial charge in [-0.1, -0.05) is 19.9 Å². The van der Waals surface area contributed by atoms with E-state index in [9.17, 15) is 9.90 Å². The Balaban J connectivity index is 1.74. The number of carbonyl (C=O) groups is 1. The minimum Gasteiger partial charge on any atom is -0.481 e. The number of nitrogens with one attached hydrogen (secondary N) is 1. The smallest absolute Gasteiger partial charge is 0.305 e. The average molecular weight is 309 g/mol. The number of rotatable bonds is 5. The highest BCUT2D eigenvalue weighted by molar-refractivity contribution is 7.10. The second-order valence-corrected chi connectivity index (χ2v) is 7.71.